The van der Waals surface area contributed by atoms with Crippen LogP contribution in [0, 0.1) is 17.7 Å². The van der Waals surface area contributed by atoms with Crippen LogP contribution in [0.1, 0.15) is 45.1 Å². The molecule has 112 valence electrons. The molecule has 0 aromatic carbocycles. The van der Waals surface area contributed by atoms with Crippen LogP contribution < -0.4 is 10.1 Å². The fourth-order valence-corrected chi connectivity index (χ4v) is 2.30. The number of hydrogen-bond acceptors (Lipinski definition) is 3. The van der Waals surface area contributed by atoms with Gasteiger partial charge in [-0.15, -0.1) is 0 Å². The third kappa shape index (κ3) is 4.44. The summed E-state index contributed by atoms with van der Waals surface area (Å²) in [7, 11) is 0. The predicted octanol–water partition coefficient (Wildman–Crippen LogP) is 3.54. The fraction of sp³-hybridized carbons (Fsp3) is 0.688. The molecular weight excluding hydrogens is 255 g/mol. The zero-order valence-corrected chi connectivity index (χ0v) is 12.5. The molecule has 0 atom stereocenters. The van der Waals surface area contributed by atoms with Crippen molar-refractivity contribution < 1.29 is 9.13 Å². The smallest absolute Gasteiger partial charge is 0.250 e. The van der Waals surface area contributed by atoms with Crippen LogP contribution >= 0.6 is 0 Å². The van der Waals surface area contributed by atoms with Crippen LogP contribution in [0.15, 0.2) is 12.3 Å². The first-order valence-corrected chi connectivity index (χ1v) is 7.63. The van der Waals surface area contributed by atoms with Gasteiger partial charge in [0.1, 0.15) is 0 Å². The molecule has 1 aromatic rings. The standard InChI is InChI=1S/C16H25FN2O/c1-12(2)10-18-11-14-6-8-19-16(15(14)17)20-9-7-13-4-3-5-13/h6,8,12-13,18H,3-5,7,9-11H2,1-2H3. The molecule has 1 fully saturated rings. The van der Waals surface area contributed by atoms with Gasteiger partial charge >= 0.3 is 0 Å². The van der Waals surface area contributed by atoms with E-state index in [1.54, 1.807) is 12.3 Å². The van der Waals surface area contributed by atoms with Gasteiger partial charge in [0.15, 0.2) is 5.82 Å². The van der Waals surface area contributed by atoms with Crippen LogP contribution in [0.3, 0.4) is 0 Å². The van der Waals surface area contributed by atoms with Crippen LogP contribution in [0.5, 0.6) is 5.88 Å². The highest BCUT2D eigenvalue weighted by Gasteiger charge is 2.18. The molecule has 0 aliphatic heterocycles. The summed E-state index contributed by atoms with van der Waals surface area (Å²) in [5, 5.41) is 3.24. The molecule has 1 aliphatic rings. The molecular formula is C16H25FN2O. The maximum absolute atomic E-state index is 14.2. The molecule has 0 bridgehead atoms. The number of halogens is 1. The Kier molecular flexibility index (Phi) is 5.77. The van der Waals surface area contributed by atoms with Gasteiger partial charge in [-0.25, -0.2) is 9.37 Å². The Hall–Kier alpha value is -1.16. The minimum atomic E-state index is -0.322. The first-order valence-electron chi connectivity index (χ1n) is 7.63. The summed E-state index contributed by atoms with van der Waals surface area (Å²) in [6, 6.07) is 1.71. The van der Waals surface area contributed by atoms with Crippen molar-refractivity contribution in [1.29, 1.82) is 0 Å². The van der Waals surface area contributed by atoms with Crippen LogP contribution in [0.2, 0.25) is 0 Å². The summed E-state index contributed by atoms with van der Waals surface area (Å²) < 4.78 is 19.7. The zero-order valence-electron chi connectivity index (χ0n) is 12.5. The first-order chi connectivity index (χ1) is 9.66. The molecule has 1 N–H and O–H groups in total. The van der Waals surface area contributed by atoms with E-state index in [0.29, 0.717) is 24.6 Å². The SMILES string of the molecule is CC(C)CNCc1ccnc(OCCC2CCC2)c1F. The van der Waals surface area contributed by atoms with Crippen molar-refractivity contribution in [3.63, 3.8) is 0 Å². The van der Waals surface area contributed by atoms with Crippen molar-refractivity contribution in [1.82, 2.24) is 10.3 Å². The number of nitrogens with one attached hydrogen (secondary N) is 1. The molecule has 1 aromatic heterocycles. The average Bonchev–Trinajstić information content (AvgIpc) is 2.35. The van der Waals surface area contributed by atoms with Crippen molar-refractivity contribution in [3.8, 4) is 5.88 Å². The molecule has 4 heteroatoms. The van der Waals surface area contributed by atoms with Gasteiger partial charge < -0.3 is 10.1 Å². The molecule has 0 unspecified atom stereocenters. The van der Waals surface area contributed by atoms with Crippen molar-refractivity contribution in [2.45, 2.75) is 46.1 Å². The molecule has 1 heterocycles. The van der Waals surface area contributed by atoms with Gasteiger partial charge in [0.25, 0.3) is 5.88 Å². The van der Waals surface area contributed by atoms with E-state index < -0.39 is 0 Å². The van der Waals surface area contributed by atoms with E-state index in [4.69, 9.17) is 4.74 Å². The van der Waals surface area contributed by atoms with Gasteiger partial charge in [-0.3, -0.25) is 0 Å². The largest absolute Gasteiger partial charge is 0.476 e. The third-order valence-electron chi connectivity index (χ3n) is 3.79. The lowest BCUT2D eigenvalue weighted by Crippen LogP contribution is -2.20. The highest BCUT2D eigenvalue weighted by molar-refractivity contribution is 5.23. The van der Waals surface area contributed by atoms with Gasteiger partial charge in [0.05, 0.1) is 6.61 Å². The van der Waals surface area contributed by atoms with Gasteiger partial charge in [-0.1, -0.05) is 33.1 Å². The van der Waals surface area contributed by atoms with Crippen LogP contribution in [0.4, 0.5) is 4.39 Å². The molecule has 2 rings (SSSR count). The molecule has 3 nitrogen and oxygen atoms in total. The quantitative estimate of drug-likeness (QED) is 0.791. The Morgan fingerprint density at radius 3 is 2.90 bits per heavy atom. The molecule has 0 spiro atoms. The normalized spacial score (nSPS) is 15.4. The number of hydrogen-bond donors (Lipinski definition) is 1. The second-order valence-corrected chi connectivity index (χ2v) is 6.05. The summed E-state index contributed by atoms with van der Waals surface area (Å²) in [4.78, 5) is 4.00. The fourth-order valence-electron chi connectivity index (χ4n) is 2.30. The minimum Gasteiger partial charge on any atom is -0.476 e. The highest BCUT2D eigenvalue weighted by Crippen LogP contribution is 2.29. The van der Waals surface area contributed by atoms with E-state index in [0.717, 1.165) is 18.9 Å². The lowest BCUT2D eigenvalue weighted by molar-refractivity contribution is 0.211. The molecule has 0 saturated heterocycles. The highest BCUT2D eigenvalue weighted by atomic mass is 19.1. The summed E-state index contributed by atoms with van der Waals surface area (Å²) in [6.45, 7) is 6.22. The van der Waals surface area contributed by atoms with E-state index in [1.807, 2.05) is 0 Å². The van der Waals surface area contributed by atoms with Gasteiger partial charge in [0.2, 0.25) is 0 Å². The van der Waals surface area contributed by atoms with E-state index >= 15 is 0 Å². The minimum absolute atomic E-state index is 0.146. The van der Waals surface area contributed by atoms with Crippen LogP contribution in [0.25, 0.3) is 0 Å². The van der Waals surface area contributed by atoms with Crippen molar-refractivity contribution >= 4 is 0 Å². The molecule has 0 amide bonds. The third-order valence-corrected chi connectivity index (χ3v) is 3.79. The van der Waals surface area contributed by atoms with E-state index in [2.05, 4.69) is 24.1 Å². The average molecular weight is 280 g/mol. The van der Waals surface area contributed by atoms with Crippen molar-refractivity contribution in [3.05, 3.63) is 23.6 Å². The van der Waals surface area contributed by atoms with E-state index in [1.165, 1.54) is 19.3 Å². The summed E-state index contributed by atoms with van der Waals surface area (Å²) in [6.07, 6.45) is 6.54. The lowest BCUT2D eigenvalue weighted by Gasteiger charge is -2.24. The second-order valence-electron chi connectivity index (χ2n) is 6.05. The summed E-state index contributed by atoms with van der Waals surface area (Å²) in [5.74, 6) is 1.15. The maximum atomic E-state index is 14.2. The van der Waals surface area contributed by atoms with Crippen LogP contribution in [-0.2, 0) is 6.54 Å². The lowest BCUT2D eigenvalue weighted by atomic mass is 9.83. The number of rotatable bonds is 8. The van der Waals surface area contributed by atoms with Gasteiger partial charge in [-0.2, -0.15) is 0 Å². The number of ether oxygens (including phenoxy) is 1. The molecule has 1 saturated carbocycles. The number of nitrogens with zero attached hydrogens (tertiary/aromatic N) is 1. The topological polar surface area (TPSA) is 34.2 Å². The van der Waals surface area contributed by atoms with E-state index in [9.17, 15) is 4.39 Å². The Morgan fingerprint density at radius 2 is 2.25 bits per heavy atom. The predicted molar refractivity (Wildman–Crippen MR) is 78.2 cm³/mol. The van der Waals surface area contributed by atoms with Gasteiger partial charge in [0, 0.05) is 18.3 Å². The Bertz CT molecular complexity index is 419. The maximum Gasteiger partial charge on any atom is 0.250 e. The second kappa shape index (κ2) is 7.58. The Morgan fingerprint density at radius 1 is 1.45 bits per heavy atom. The Labute approximate surface area is 120 Å². The van der Waals surface area contributed by atoms with E-state index in [-0.39, 0.29) is 11.7 Å². The molecule has 1 aliphatic carbocycles. The van der Waals surface area contributed by atoms with Crippen LogP contribution in [-0.4, -0.2) is 18.1 Å². The zero-order chi connectivity index (χ0) is 14.4. The number of aromatic nitrogens is 1. The summed E-state index contributed by atoms with van der Waals surface area (Å²) in [5.41, 5.74) is 0.624. The first kappa shape index (κ1) is 15.2. The van der Waals surface area contributed by atoms with Crippen molar-refractivity contribution in [2.24, 2.45) is 11.8 Å². The molecule has 20 heavy (non-hydrogen) atoms. The van der Waals surface area contributed by atoms with Gasteiger partial charge in [-0.05, 0) is 30.9 Å². The summed E-state index contributed by atoms with van der Waals surface area (Å²) >= 11 is 0. The Balaban J connectivity index is 1.82. The van der Waals surface area contributed by atoms with Crippen molar-refractivity contribution in [2.75, 3.05) is 13.2 Å². The monoisotopic (exact) mass is 280 g/mol. The molecule has 0 radical (unpaired) electrons. The number of pyridine rings is 1.